The van der Waals surface area contributed by atoms with Crippen molar-refractivity contribution >= 4 is 11.9 Å². The van der Waals surface area contributed by atoms with E-state index in [2.05, 4.69) is 5.32 Å². The van der Waals surface area contributed by atoms with Crippen LogP contribution in [-0.4, -0.2) is 29.1 Å². The second kappa shape index (κ2) is 6.52. The van der Waals surface area contributed by atoms with E-state index < -0.39 is 24.0 Å². The molecule has 0 saturated carbocycles. The first-order chi connectivity index (χ1) is 11.1. The Hall–Kier alpha value is -2.82. The lowest BCUT2D eigenvalue weighted by Gasteiger charge is -2.17. The number of rotatable bonds is 5. The third-order valence-electron chi connectivity index (χ3n) is 3.84. The summed E-state index contributed by atoms with van der Waals surface area (Å²) in [4.78, 5) is 23.7. The number of nitrogens with one attached hydrogen (secondary N) is 1. The van der Waals surface area contributed by atoms with Crippen molar-refractivity contribution < 1.29 is 19.4 Å². The van der Waals surface area contributed by atoms with E-state index in [-0.39, 0.29) is 6.42 Å². The van der Waals surface area contributed by atoms with Gasteiger partial charge in [-0.15, -0.1) is 0 Å². The maximum atomic E-state index is 12.3. The second-order valence-corrected chi connectivity index (χ2v) is 5.51. The Labute approximate surface area is 133 Å². The maximum Gasteiger partial charge on any atom is 0.326 e. The van der Waals surface area contributed by atoms with Crippen LogP contribution in [-0.2, 0) is 22.4 Å². The van der Waals surface area contributed by atoms with Crippen LogP contribution in [0.1, 0.15) is 11.1 Å². The van der Waals surface area contributed by atoms with Gasteiger partial charge in [0, 0.05) is 12.8 Å². The Morgan fingerprint density at radius 3 is 2.52 bits per heavy atom. The normalized spacial score (nSPS) is 17.0. The van der Waals surface area contributed by atoms with Crippen molar-refractivity contribution in [3.63, 3.8) is 0 Å². The van der Waals surface area contributed by atoms with E-state index in [1.165, 1.54) is 0 Å². The summed E-state index contributed by atoms with van der Waals surface area (Å²) in [5.41, 5.74) is 1.82. The summed E-state index contributed by atoms with van der Waals surface area (Å²) < 4.78 is 5.59. The second-order valence-electron chi connectivity index (χ2n) is 5.51. The molecule has 2 unspecified atom stereocenters. The van der Waals surface area contributed by atoms with Gasteiger partial charge in [0.1, 0.15) is 11.8 Å². The first-order valence-electron chi connectivity index (χ1n) is 7.45. The molecule has 0 fully saturated rings. The van der Waals surface area contributed by atoms with E-state index in [9.17, 15) is 14.7 Å². The van der Waals surface area contributed by atoms with Crippen LogP contribution in [0.25, 0.3) is 0 Å². The van der Waals surface area contributed by atoms with Gasteiger partial charge in [-0.1, -0.05) is 48.5 Å². The first kappa shape index (κ1) is 15.1. The zero-order valence-corrected chi connectivity index (χ0v) is 12.4. The Balaban J connectivity index is 1.65. The molecular weight excluding hydrogens is 294 g/mol. The van der Waals surface area contributed by atoms with Crippen LogP contribution in [0.3, 0.4) is 0 Å². The van der Waals surface area contributed by atoms with Gasteiger partial charge in [-0.3, -0.25) is 4.79 Å². The lowest BCUT2D eigenvalue weighted by molar-refractivity contribution is -0.142. The predicted molar refractivity (Wildman–Crippen MR) is 84.3 cm³/mol. The molecule has 118 valence electrons. The number of ether oxygens (including phenoxy) is 1. The van der Waals surface area contributed by atoms with Gasteiger partial charge in [-0.25, -0.2) is 4.79 Å². The highest BCUT2D eigenvalue weighted by atomic mass is 16.5. The largest absolute Gasteiger partial charge is 0.480 e. The highest BCUT2D eigenvalue weighted by Crippen LogP contribution is 2.28. The predicted octanol–water partition coefficient (Wildman–Crippen LogP) is 1.80. The number of hydrogen-bond acceptors (Lipinski definition) is 3. The smallest absolute Gasteiger partial charge is 0.326 e. The Kier molecular flexibility index (Phi) is 4.28. The number of carboxylic acid groups (broad SMARTS) is 1. The summed E-state index contributed by atoms with van der Waals surface area (Å²) in [5, 5.41) is 11.9. The zero-order valence-electron chi connectivity index (χ0n) is 12.4. The first-order valence-corrected chi connectivity index (χ1v) is 7.45. The number of hydrogen-bond donors (Lipinski definition) is 2. The molecule has 23 heavy (non-hydrogen) atoms. The molecule has 0 spiro atoms. The van der Waals surface area contributed by atoms with Crippen LogP contribution < -0.4 is 10.1 Å². The Morgan fingerprint density at radius 2 is 1.83 bits per heavy atom. The zero-order chi connectivity index (χ0) is 16.2. The molecule has 5 nitrogen and oxygen atoms in total. The van der Waals surface area contributed by atoms with Crippen molar-refractivity contribution in [2.75, 3.05) is 0 Å². The summed E-state index contributed by atoms with van der Waals surface area (Å²) in [5.74, 6) is -0.773. The average molecular weight is 311 g/mol. The van der Waals surface area contributed by atoms with E-state index >= 15 is 0 Å². The third kappa shape index (κ3) is 3.51. The summed E-state index contributed by atoms with van der Waals surface area (Å²) >= 11 is 0. The average Bonchev–Trinajstić information content (AvgIpc) is 2.99. The minimum atomic E-state index is -1.06. The molecule has 0 bridgehead atoms. The fraction of sp³-hybridized carbons (Fsp3) is 0.222. The molecule has 0 aromatic heterocycles. The molecule has 0 radical (unpaired) electrons. The van der Waals surface area contributed by atoms with Gasteiger partial charge in [0.15, 0.2) is 6.10 Å². The van der Waals surface area contributed by atoms with Crippen LogP contribution in [0.5, 0.6) is 5.75 Å². The monoisotopic (exact) mass is 311 g/mol. The SMILES string of the molecule is O=C(O)C(Cc1ccccc1)NC(=O)C1Cc2ccccc2O1. The van der Waals surface area contributed by atoms with Gasteiger partial charge in [0.05, 0.1) is 0 Å². The third-order valence-corrected chi connectivity index (χ3v) is 3.84. The summed E-state index contributed by atoms with van der Waals surface area (Å²) in [6.07, 6.45) is 0.0198. The summed E-state index contributed by atoms with van der Waals surface area (Å²) in [6, 6.07) is 15.7. The quantitative estimate of drug-likeness (QED) is 0.883. The number of para-hydroxylation sites is 1. The molecule has 1 aliphatic heterocycles. The van der Waals surface area contributed by atoms with Gasteiger partial charge in [-0.2, -0.15) is 0 Å². The fourth-order valence-electron chi connectivity index (χ4n) is 2.64. The van der Waals surface area contributed by atoms with Gasteiger partial charge < -0.3 is 15.2 Å². The number of amides is 1. The number of carboxylic acids is 1. The molecule has 1 aliphatic rings. The van der Waals surface area contributed by atoms with Gasteiger partial charge in [-0.05, 0) is 17.2 Å². The van der Waals surface area contributed by atoms with Crippen LogP contribution in [0.15, 0.2) is 54.6 Å². The van der Waals surface area contributed by atoms with E-state index in [0.29, 0.717) is 12.2 Å². The molecule has 0 aliphatic carbocycles. The molecule has 2 aromatic rings. The molecule has 1 amide bonds. The molecule has 2 aromatic carbocycles. The summed E-state index contributed by atoms with van der Waals surface area (Å²) in [6.45, 7) is 0. The Bertz CT molecular complexity index is 689. The minimum Gasteiger partial charge on any atom is -0.480 e. The fourth-order valence-corrected chi connectivity index (χ4v) is 2.64. The molecule has 1 heterocycles. The van der Waals surface area contributed by atoms with Crippen molar-refractivity contribution in [2.45, 2.75) is 25.0 Å². The van der Waals surface area contributed by atoms with E-state index in [1.54, 1.807) is 6.07 Å². The van der Waals surface area contributed by atoms with E-state index in [0.717, 1.165) is 11.1 Å². The number of carbonyl (C=O) groups is 2. The molecule has 0 saturated heterocycles. The van der Waals surface area contributed by atoms with Gasteiger partial charge >= 0.3 is 5.97 Å². The highest BCUT2D eigenvalue weighted by Gasteiger charge is 2.31. The van der Waals surface area contributed by atoms with Crippen LogP contribution in [0.4, 0.5) is 0 Å². The topological polar surface area (TPSA) is 75.6 Å². The van der Waals surface area contributed by atoms with Crippen molar-refractivity contribution in [1.82, 2.24) is 5.32 Å². The lowest BCUT2D eigenvalue weighted by atomic mass is 10.1. The molecule has 2 atom stereocenters. The van der Waals surface area contributed by atoms with Crippen molar-refractivity contribution in [3.8, 4) is 5.75 Å². The van der Waals surface area contributed by atoms with Crippen molar-refractivity contribution in [1.29, 1.82) is 0 Å². The maximum absolute atomic E-state index is 12.3. The van der Waals surface area contributed by atoms with Crippen LogP contribution in [0.2, 0.25) is 0 Å². The molecule has 3 rings (SSSR count). The van der Waals surface area contributed by atoms with Gasteiger partial charge in [0.25, 0.3) is 5.91 Å². The summed E-state index contributed by atoms with van der Waals surface area (Å²) in [7, 11) is 0. The van der Waals surface area contributed by atoms with Crippen LogP contribution in [0, 0.1) is 0 Å². The van der Waals surface area contributed by atoms with Gasteiger partial charge in [0.2, 0.25) is 0 Å². The number of carbonyl (C=O) groups excluding carboxylic acids is 1. The van der Waals surface area contributed by atoms with E-state index in [4.69, 9.17) is 4.74 Å². The molecule has 5 heteroatoms. The Morgan fingerprint density at radius 1 is 1.13 bits per heavy atom. The van der Waals surface area contributed by atoms with E-state index in [1.807, 2.05) is 48.5 Å². The molecular formula is C18H17NO4. The standard InChI is InChI=1S/C18H17NO4/c20-17(16-11-13-8-4-5-9-15(13)23-16)19-14(18(21)22)10-12-6-2-1-3-7-12/h1-9,14,16H,10-11H2,(H,19,20)(H,21,22). The van der Waals surface area contributed by atoms with Crippen molar-refractivity contribution in [2.24, 2.45) is 0 Å². The number of benzene rings is 2. The lowest BCUT2D eigenvalue weighted by Crippen LogP contribution is -2.47. The minimum absolute atomic E-state index is 0.238. The number of fused-ring (bicyclic) bond motifs is 1. The number of aliphatic carboxylic acids is 1. The highest BCUT2D eigenvalue weighted by molar-refractivity contribution is 5.87. The van der Waals surface area contributed by atoms with Crippen LogP contribution >= 0.6 is 0 Å². The van der Waals surface area contributed by atoms with Crippen molar-refractivity contribution in [3.05, 3.63) is 65.7 Å². The molecule has 2 N–H and O–H groups in total.